The number of nitrogen functional groups attached to an aromatic ring is 1. The molecule has 0 bridgehead atoms. The highest BCUT2D eigenvalue weighted by Crippen LogP contribution is 2.25. The Hall–Kier alpha value is -2.55. The third-order valence-electron chi connectivity index (χ3n) is 2.12. The lowest BCUT2D eigenvalue weighted by Crippen LogP contribution is -2.03. The Morgan fingerprint density at radius 3 is 3.06 bits per heavy atom. The van der Waals surface area contributed by atoms with Crippen LogP contribution in [-0.2, 0) is 6.54 Å². The Morgan fingerprint density at radius 1 is 1.69 bits per heavy atom. The molecule has 0 spiro atoms. The highest BCUT2D eigenvalue weighted by Gasteiger charge is 2.17. The molecule has 0 aliphatic heterocycles. The molecule has 80 valence electrons. The predicted octanol–water partition coefficient (Wildman–Crippen LogP) is 1.06. The van der Waals surface area contributed by atoms with E-state index >= 15 is 0 Å². The van der Waals surface area contributed by atoms with Crippen molar-refractivity contribution in [1.82, 2.24) is 9.78 Å². The molecular formula is C10H8N4O2. The number of nitrogens with two attached hydrogens (primary N) is 1. The van der Waals surface area contributed by atoms with Crippen molar-refractivity contribution in [2.24, 2.45) is 0 Å². The zero-order valence-corrected chi connectivity index (χ0v) is 8.25. The molecule has 0 amide bonds. The van der Waals surface area contributed by atoms with Gasteiger partial charge in [-0.2, -0.15) is 10.4 Å². The average Bonchev–Trinajstić information content (AvgIpc) is 2.88. The van der Waals surface area contributed by atoms with Crippen LogP contribution >= 0.6 is 0 Å². The standard InChI is InChI=1S/C10H8N4O2/c11-3-4-14-10(12)7(6-15)9(13-14)8-2-1-5-16-8/h1-2,5-6H,4,12H2. The zero-order chi connectivity index (χ0) is 11.5. The molecule has 0 saturated carbocycles. The van der Waals surface area contributed by atoms with Crippen LogP contribution in [0, 0.1) is 11.3 Å². The van der Waals surface area contributed by atoms with Gasteiger partial charge in [-0.25, -0.2) is 4.68 Å². The van der Waals surface area contributed by atoms with Crippen molar-refractivity contribution in [3.8, 4) is 17.5 Å². The van der Waals surface area contributed by atoms with Crippen molar-refractivity contribution >= 4 is 12.1 Å². The molecule has 2 heterocycles. The summed E-state index contributed by atoms with van der Waals surface area (Å²) in [6, 6.07) is 5.26. The summed E-state index contributed by atoms with van der Waals surface area (Å²) in [5, 5.41) is 12.6. The number of nitrogens with zero attached hydrogens (tertiary/aromatic N) is 3. The smallest absolute Gasteiger partial charge is 0.156 e. The van der Waals surface area contributed by atoms with Gasteiger partial charge in [0.05, 0.1) is 17.9 Å². The normalized spacial score (nSPS) is 9.94. The minimum absolute atomic E-state index is 0.00657. The number of hydrogen-bond acceptors (Lipinski definition) is 5. The van der Waals surface area contributed by atoms with Crippen molar-refractivity contribution in [3.05, 3.63) is 24.0 Å². The Kier molecular flexibility index (Phi) is 2.44. The maximum atomic E-state index is 10.9. The van der Waals surface area contributed by atoms with E-state index < -0.39 is 0 Å². The van der Waals surface area contributed by atoms with E-state index in [2.05, 4.69) is 5.10 Å². The number of aromatic nitrogens is 2. The lowest BCUT2D eigenvalue weighted by Gasteiger charge is -1.94. The van der Waals surface area contributed by atoms with Crippen molar-refractivity contribution < 1.29 is 9.21 Å². The van der Waals surface area contributed by atoms with Crippen LogP contribution in [0.2, 0.25) is 0 Å². The lowest BCUT2D eigenvalue weighted by molar-refractivity contribution is 0.112. The van der Waals surface area contributed by atoms with Crippen LogP contribution in [0.5, 0.6) is 0 Å². The second-order valence-electron chi connectivity index (χ2n) is 3.06. The number of carbonyl (C=O) groups excluding carboxylic acids is 1. The van der Waals surface area contributed by atoms with Gasteiger partial charge in [-0.3, -0.25) is 4.79 Å². The molecule has 16 heavy (non-hydrogen) atoms. The lowest BCUT2D eigenvalue weighted by atomic mass is 10.2. The zero-order valence-electron chi connectivity index (χ0n) is 8.25. The van der Waals surface area contributed by atoms with Gasteiger partial charge in [-0.15, -0.1) is 0 Å². The second-order valence-corrected chi connectivity index (χ2v) is 3.06. The Bertz CT molecular complexity index is 548. The molecule has 2 N–H and O–H groups in total. The van der Waals surface area contributed by atoms with Crippen LogP contribution in [0.15, 0.2) is 22.8 Å². The first kappa shape index (κ1) is 9.98. The number of nitriles is 1. The van der Waals surface area contributed by atoms with Crippen LogP contribution in [0.1, 0.15) is 10.4 Å². The van der Waals surface area contributed by atoms with Gasteiger partial charge in [0.15, 0.2) is 12.0 Å². The van der Waals surface area contributed by atoms with Gasteiger partial charge in [0.1, 0.15) is 18.1 Å². The number of aldehydes is 1. The number of anilines is 1. The molecule has 0 aromatic carbocycles. The summed E-state index contributed by atoms with van der Waals surface area (Å²) in [5.41, 5.74) is 6.28. The van der Waals surface area contributed by atoms with Crippen LogP contribution in [0.4, 0.5) is 5.82 Å². The average molecular weight is 216 g/mol. The molecule has 0 aliphatic carbocycles. The molecule has 0 unspecified atom stereocenters. The number of rotatable bonds is 3. The fourth-order valence-electron chi connectivity index (χ4n) is 1.39. The topological polar surface area (TPSA) is 97.8 Å². The Morgan fingerprint density at radius 2 is 2.50 bits per heavy atom. The molecule has 6 heteroatoms. The first-order valence-electron chi connectivity index (χ1n) is 4.50. The quantitative estimate of drug-likeness (QED) is 0.773. The van der Waals surface area contributed by atoms with Gasteiger partial charge < -0.3 is 10.2 Å². The summed E-state index contributed by atoms with van der Waals surface area (Å²) >= 11 is 0. The van der Waals surface area contributed by atoms with Gasteiger partial charge in [-0.05, 0) is 12.1 Å². The van der Waals surface area contributed by atoms with Crippen molar-refractivity contribution in [2.45, 2.75) is 6.54 Å². The Labute approximate surface area is 90.9 Å². The van der Waals surface area contributed by atoms with Gasteiger partial charge in [0.25, 0.3) is 0 Å². The molecule has 2 aromatic rings. The SMILES string of the molecule is N#CCn1nc(-c2ccco2)c(C=O)c1N. The van der Waals surface area contributed by atoms with Gasteiger partial charge in [0, 0.05) is 0 Å². The van der Waals surface area contributed by atoms with Crippen LogP contribution < -0.4 is 5.73 Å². The van der Waals surface area contributed by atoms with Crippen molar-refractivity contribution in [1.29, 1.82) is 5.26 Å². The van der Waals surface area contributed by atoms with E-state index in [9.17, 15) is 4.79 Å². The summed E-state index contributed by atoms with van der Waals surface area (Å²) in [5.74, 6) is 0.619. The number of hydrogen-bond donors (Lipinski definition) is 1. The largest absolute Gasteiger partial charge is 0.463 e. The van der Waals surface area contributed by atoms with E-state index in [-0.39, 0.29) is 17.9 Å². The van der Waals surface area contributed by atoms with E-state index in [0.717, 1.165) is 0 Å². The van der Waals surface area contributed by atoms with Crippen LogP contribution in [0.25, 0.3) is 11.5 Å². The summed E-state index contributed by atoms with van der Waals surface area (Å²) in [7, 11) is 0. The maximum absolute atomic E-state index is 10.9. The van der Waals surface area contributed by atoms with E-state index in [4.69, 9.17) is 15.4 Å². The highest BCUT2D eigenvalue weighted by atomic mass is 16.3. The maximum Gasteiger partial charge on any atom is 0.156 e. The molecule has 6 nitrogen and oxygen atoms in total. The first-order valence-corrected chi connectivity index (χ1v) is 4.50. The molecule has 0 atom stereocenters. The minimum Gasteiger partial charge on any atom is -0.463 e. The van der Waals surface area contributed by atoms with E-state index in [1.807, 2.05) is 6.07 Å². The van der Waals surface area contributed by atoms with E-state index in [0.29, 0.717) is 17.7 Å². The van der Waals surface area contributed by atoms with Gasteiger partial charge in [-0.1, -0.05) is 0 Å². The number of carbonyl (C=O) groups is 1. The molecule has 0 aliphatic rings. The second kappa shape index (κ2) is 3.90. The van der Waals surface area contributed by atoms with Crippen molar-refractivity contribution in [2.75, 3.05) is 5.73 Å². The highest BCUT2D eigenvalue weighted by molar-refractivity contribution is 5.90. The molecule has 0 radical (unpaired) electrons. The van der Waals surface area contributed by atoms with Crippen molar-refractivity contribution in [3.63, 3.8) is 0 Å². The van der Waals surface area contributed by atoms with Crippen LogP contribution in [0.3, 0.4) is 0 Å². The monoisotopic (exact) mass is 216 g/mol. The van der Waals surface area contributed by atoms with Gasteiger partial charge >= 0.3 is 0 Å². The Balaban J connectivity index is 2.58. The summed E-state index contributed by atoms with van der Waals surface area (Å²) in [4.78, 5) is 10.9. The van der Waals surface area contributed by atoms with Crippen LogP contribution in [-0.4, -0.2) is 16.1 Å². The fraction of sp³-hybridized carbons (Fsp3) is 0.100. The van der Waals surface area contributed by atoms with E-state index in [1.165, 1.54) is 10.9 Å². The summed E-state index contributed by atoms with van der Waals surface area (Å²) in [6.45, 7) is -0.00657. The molecule has 0 saturated heterocycles. The molecule has 2 rings (SSSR count). The molecule has 2 aromatic heterocycles. The molecule has 0 fully saturated rings. The summed E-state index contributed by atoms with van der Waals surface area (Å²) < 4.78 is 6.40. The molecular weight excluding hydrogens is 208 g/mol. The summed E-state index contributed by atoms with van der Waals surface area (Å²) in [6.07, 6.45) is 2.08. The fourth-order valence-corrected chi connectivity index (χ4v) is 1.39. The third-order valence-corrected chi connectivity index (χ3v) is 2.12. The minimum atomic E-state index is -0.00657. The first-order chi connectivity index (χ1) is 7.77. The number of furan rings is 1. The third kappa shape index (κ3) is 1.44. The van der Waals surface area contributed by atoms with E-state index in [1.54, 1.807) is 12.1 Å². The predicted molar refractivity (Wildman–Crippen MR) is 55.3 cm³/mol. The van der Waals surface area contributed by atoms with Gasteiger partial charge in [0.2, 0.25) is 0 Å².